The van der Waals surface area contributed by atoms with Gasteiger partial charge in [-0.1, -0.05) is 23.7 Å². The number of amides is 2. The molecule has 0 saturated carbocycles. The van der Waals surface area contributed by atoms with Gasteiger partial charge in [-0.25, -0.2) is 19.4 Å². The van der Waals surface area contributed by atoms with Crippen LogP contribution in [0, 0.1) is 0 Å². The molecule has 2 aromatic carbocycles. The lowest BCUT2D eigenvalue weighted by Gasteiger charge is -2.29. The zero-order valence-corrected chi connectivity index (χ0v) is 29.6. The van der Waals surface area contributed by atoms with Crippen LogP contribution < -0.4 is 10.4 Å². The summed E-state index contributed by atoms with van der Waals surface area (Å²) in [5.74, 6) is -4.07. The zero-order valence-electron chi connectivity index (χ0n) is 28.8. The topological polar surface area (TPSA) is 159 Å². The van der Waals surface area contributed by atoms with E-state index in [-0.39, 0.29) is 39.2 Å². The van der Waals surface area contributed by atoms with E-state index < -0.39 is 79.1 Å². The van der Waals surface area contributed by atoms with Crippen LogP contribution in [0.2, 0.25) is 5.02 Å². The third-order valence-electron chi connectivity index (χ3n) is 8.01. The van der Waals surface area contributed by atoms with Crippen molar-refractivity contribution in [3.05, 3.63) is 105 Å². The van der Waals surface area contributed by atoms with Gasteiger partial charge in [-0.05, 0) is 69.3 Å². The molecule has 1 aliphatic heterocycles. The molecule has 1 N–H and O–H groups in total. The standard InChI is InChI=1S/C34H29ClF6N8O6/c1-32(2,3)54-17-22(48-29(51)20-7-4-5-8-21(20)30(48)52)27-43-25(44-49(27)28-23(9-6-14-42-28)55-34(39,40)41)16-47-31(53)46(15-24(50)33(36,37)38)26(45-47)18-10-12-19(35)13-11-18/h4-14,22,24,50H,15-17H2,1-3H3. The van der Waals surface area contributed by atoms with Crippen molar-refractivity contribution in [2.75, 3.05) is 6.61 Å². The number of imide groups is 1. The highest BCUT2D eigenvalue weighted by atomic mass is 35.5. The quantitative estimate of drug-likeness (QED) is 0.136. The van der Waals surface area contributed by atoms with Gasteiger partial charge in [-0.2, -0.15) is 17.9 Å². The van der Waals surface area contributed by atoms with Crippen molar-refractivity contribution >= 4 is 23.4 Å². The average molecular weight is 795 g/mol. The molecule has 5 aromatic rings. The molecule has 21 heteroatoms. The number of aliphatic hydroxyl groups is 1. The van der Waals surface area contributed by atoms with Crippen LogP contribution in [0.25, 0.3) is 17.2 Å². The molecule has 6 rings (SSSR count). The zero-order chi connectivity index (χ0) is 40.0. The van der Waals surface area contributed by atoms with Crippen molar-refractivity contribution in [2.24, 2.45) is 0 Å². The molecule has 2 amide bonds. The molecule has 0 fully saturated rings. The first-order valence-corrected chi connectivity index (χ1v) is 16.6. The number of hydrogen-bond donors (Lipinski definition) is 1. The SMILES string of the molecule is CC(C)(C)OCC(c1nc(Cn2nc(-c3ccc(Cl)cc3)n(CC(O)C(F)(F)F)c2=O)nn1-c1ncccc1OC(F)(F)F)N1C(=O)c2ccccc2C1=O. The van der Waals surface area contributed by atoms with Crippen LogP contribution in [0.5, 0.6) is 5.75 Å². The number of fused-ring (bicyclic) bond motifs is 1. The normalized spacial score (nSPS) is 14.7. The molecule has 2 atom stereocenters. The number of alkyl halides is 6. The number of nitrogens with zero attached hydrogens (tertiary/aromatic N) is 8. The molecule has 0 saturated heterocycles. The summed E-state index contributed by atoms with van der Waals surface area (Å²) in [4.78, 5) is 50.5. The van der Waals surface area contributed by atoms with E-state index in [4.69, 9.17) is 16.3 Å². The minimum Gasteiger partial charge on any atom is -0.402 e. The lowest BCUT2D eigenvalue weighted by atomic mass is 10.1. The molecular weight excluding hydrogens is 766 g/mol. The Hall–Kier alpha value is -5.60. The second-order valence-corrected chi connectivity index (χ2v) is 13.5. The van der Waals surface area contributed by atoms with E-state index in [0.717, 1.165) is 27.9 Å². The Bertz CT molecular complexity index is 2260. The highest BCUT2D eigenvalue weighted by Crippen LogP contribution is 2.35. The number of pyridine rings is 1. The molecule has 4 heterocycles. The smallest absolute Gasteiger partial charge is 0.402 e. The lowest BCUT2D eigenvalue weighted by Crippen LogP contribution is -2.39. The van der Waals surface area contributed by atoms with Gasteiger partial charge in [0.05, 0.1) is 29.9 Å². The predicted molar refractivity (Wildman–Crippen MR) is 179 cm³/mol. The summed E-state index contributed by atoms with van der Waals surface area (Å²) in [6.07, 6.45) is -12.2. The largest absolute Gasteiger partial charge is 0.573 e. The second kappa shape index (κ2) is 14.6. The Morgan fingerprint density at radius 1 is 0.873 bits per heavy atom. The average Bonchev–Trinajstić information content (AvgIpc) is 3.73. The van der Waals surface area contributed by atoms with E-state index >= 15 is 0 Å². The molecule has 0 spiro atoms. The van der Waals surface area contributed by atoms with Gasteiger partial charge in [0.15, 0.2) is 35.1 Å². The lowest BCUT2D eigenvalue weighted by molar-refractivity contribution is -0.274. The molecule has 3 aromatic heterocycles. The first-order chi connectivity index (χ1) is 25.7. The van der Waals surface area contributed by atoms with Gasteiger partial charge in [-0.15, -0.1) is 23.4 Å². The van der Waals surface area contributed by atoms with E-state index in [2.05, 4.69) is 24.9 Å². The van der Waals surface area contributed by atoms with Crippen LogP contribution in [0.15, 0.2) is 71.7 Å². The van der Waals surface area contributed by atoms with Crippen LogP contribution in [-0.4, -0.2) is 86.8 Å². The van der Waals surface area contributed by atoms with Gasteiger partial charge in [0.1, 0.15) is 12.6 Å². The highest BCUT2D eigenvalue weighted by molar-refractivity contribution is 6.30. The van der Waals surface area contributed by atoms with Gasteiger partial charge >= 0.3 is 18.2 Å². The highest BCUT2D eigenvalue weighted by Gasteiger charge is 2.44. The minimum absolute atomic E-state index is 0.0337. The van der Waals surface area contributed by atoms with Crippen molar-refractivity contribution < 1.29 is 50.5 Å². The summed E-state index contributed by atoms with van der Waals surface area (Å²) in [6, 6.07) is 12.0. The van der Waals surface area contributed by atoms with Gasteiger partial charge in [0, 0.05) is 16.8 Å². The van der Waals surface area contributed by atoms with E-state index in [9.17, 15) is 45.8 Å². The molecule has 0 radical (unpaired) electrons. The van der Waals surface area contributed by atoms with Crippen LogP contribution in [0.3, 0.4) is 0 Å². The van der Waals surface area contributed by atoms with E-state index in [1.165, 1.54) is 48.5 Å². The maximum atomic E-state index is 13.8. The number of aliphatic hydroxyl groups excluding tert-OH is 1. The second-order valence-electron chi connectivity index (χ2n) is 13.1. The number of aromatic nitrogens is 7. The Balaban J connectivity index is 1.53. The molecule has 0 aliphatic carbocycles. The first-order valence-electron chi connectivity index (χ1n) is 16.2. The summed E-state index contributed by atoms with van der Waals surface area (Å²) in [6.45, 7) is 2.59. The van der Waals surface area contributed by atoms with Gasteiger partial charge < -0.3 is 14.6 Å². The third kappa shape index (κ3) is 8.40. The van der Waals surface area contributed by atoms with E-state index in [0.29, 0.717) is 9.25 Å². The number of halogens is 7. The van der Waals surface area contributed by atoms with Crippen LogP contribution in [0.1, 0.15) is 59.2 Å². The molecule has 1 aliphatic rings. The van der Waals surface area contributed by atoms with Crippen molar-refractivity contribution in [2.45, 2.75) is 64.1 Å². The van der Waals surface area contributed by atoms with Crippen LogP contribution in [0.4, 0.5) is 26.3 Å². The van der Waals surface area contributed by atoms with Crippen LogP contribution in [-0.2, 0) is 17.8 Å². The predicted octanol–water partition coefficient (Wildman–Crippen LogP) is 5.36. The Morgan fingerprint density at radius 2 is 1.51 bits per heavy atom. The summed E-state index contributed by atoms with van der Waals surface area (Å²) < 4.78 is 93.4. The maximum Gasteiger partial charge on any atom is 0.573 e. The van der Waals surface area contributed by atoms with Gasteiger partial charge in [0.25, 0.3) is 11.8 Å². The van der Waals surface area contributed by atoms with Crippen LogP contribution >= 0.6 is 11.6 Å². The van der Waals surface area contributed by atoms with Gasteiger partial charge in [0.2, 0.25) is 0 Å². The van der Waals surface area contributed by atoms with Crippen molar-refractivity contribution in [3.63, 3.8) is 0 Å². The molecular formula is C34H29ClF6N8O6. The Kier molecular flexibility index (Phi) is 10.4. The fourth-order valence-corrected chi connectivity index (χ4v) is 5.69. The Morgan fingerprint density at radius 3 is 2.09 bits per heavy atom. The number of rotatable bonds is 11. The summed E-state index contributed by atoms with van der Waals surface area (Å²) in [7, 11) is 0. The molecule has 290 valence electrons. The summed E-state index contributed by atoms with van der Waals surface area (Å²) >= 11 is 5.97. The summed E-state index contributed by atoms with van der Waals surface area (Å²) in [5.41, 5.74) is -1.84. The molecule has 0 bridgehead atoms. The number of hydrogen-bond acceptors (Lipinski definition) is 10. The van der Waals surface area contributed by atoms with Crippen molar-refractivity contribution in [1.29, 1.82) is 0 Å². The number of carbonyl (C=O) groups is 2. The molecule has 55 heavy (non-hydrogen) atoms. The maximum absolute atomic E-state index is 13.8. The first kappa shape index (κ1) is 39.1. The molecule has 14 nitrogen and oxygen atoms in total. The fourth-order valence-electron chi connectivity index (χ4n) is 5.57. The van der Waals surface area contributed by atoms with Crippen molar-refractivity contribution in [3.8, 4) is 23.0 Å². The number of carbonyl (C=O) groups excluding carboxylic acids is 2. The monoisotopic (exact) mass is 794 g/mol. The molecule has 2 unspecified atom stereocenters. The van der Waals surface area contributed by atoms with Crippen molar-refractivity contribution in [1.82, 2.24) is 39.0 Å². The minimum atomic E-state index is -5.21. The number of benzene rings is 2. The van der Waals surface area contributed by atoms with Gasteiger partial charge in [-0.3, -0.25) is 19.1 Å². The fraction of sp³-hybridized carbons (Fsp3) is 0.324. The summed E-state index contributed by atoms with van der Waals surface area (Å²) in [5, 5.41) is 18.6. The van der Waals surface area contributed by atoms with E-state index in [1.807, 2.05) is 0 Å². The Labute approximate surface area is 311 Å². The third-order valence-corrected chi connectivity index (χ3v) is 8.26. The number of ether oxygens (including phenoxy) is 2. The van der Waals surface area contributed by atoms with E-state index in [1.54, 1.807) is 20.8 Å².